The highest BCUT2D eigenvalue weighted by Gasteiger charge is 2.11. The van der Waals surface area contributed by atoms with Crippen LogP contribution in [0.1, 0.15) is 26.0 Å². The van der Waals surface area contributed by atoms with Crippen LogP contribution in [0, 0.1) is 5.92 Å². The molecule has 104 valence electrons. The molecule has 5 nitrogen and oxygen atoms in total. The van der Waals surface area contributed by atoms with Crippen molar-refractivity contribution in [2.75, 3.05) is 6.54 Å². The molecule has 0 bridgehead atoms. The molecule has 1 atom stereocenters. The number of carbonyl (C=O) groups excluding carboxylic acids is 1. The predicted octanol–water partition coefficient (Wildman–Crippen LogP) is 1.46. The van der Waals surface area contributed by atoms with Crippen LogP contribution in [0.4, 0.5) is 0 Å². The number of thiazole rings is 1. The van der Waals surface area contributed by atoms with Crippen LogP contribution < -0.4 is 5.32 Å². The zero-order chi connectivity index (χ0) is 13.8. The molecule has 2 heterocycles. The van der Waals surface area contributed by atoms with Gasteiger partial charge in [-0.15, -0.1) is 11.3 Å². The first kappa shape index (κ1) is 14.0. The number of imidazole rings is 1. The van der Waals surface area contributed by atoms with Gasteiger partial charge >= 0.3 is 0 Å². The van der Waals surface area contributed by atoms with Gasteiger partial charge in [0, 0.05) is 24.3 Å². The number of nitrogens with zero attached hydrogens (tertiary/aromatic N) is 2. The molecule has 0 aromatic carbocycles. The molecule has 1 amide bonds. The number of carbonyl (C=O) groups is 1. The van der Waals surface area contributed by atoms with Crippen LogP contribution >= 0.6 is 11.3 Å². The SMILES string of the molecule is CC(C)C(O)CCNC(=O)Cc1cn2ccsc2n1. The van der Waals surface area contributed by atoms with Crippen LogP contribution in [0.2, 0.25) is 0 Å². The van der Waals surface area contributed by atoms with Gasteiger partial charge in [0.05, 0.1) is 18.2 Å². The highest BCUT2D eigenvalue weighted by Crippen LogP contribution is 2.11. The third-order valence-electron chi connectivity index (χ3n) is 3.02. The Morgan fingerprint density at radius 2 is 2.37 bits per heavy atom. The van der Waals surface area contributed by atoms with Gasteiger partial charge in [0.15, 0.2) is 4.96 Å². The maximum Gasteiger partial charge on any atom is 0.226 e. The summed E-state index contributed by atoms with van der Waals surface area (Å²) in [4.78, 5) is 17.0. The van der Waals surface area contributed by atoms with Gasteiger partial charge in [-0.3, -0.25) is 9.20 Å². The number of nitrogens with one attached hydrogen (secondary N) is 1. The van der Waals surface area contributed by atoms with Gasteiger partial charge in [0.1, 0.15) is 0 Å². The topological polar surface area (TPSA) is 66.6 Å². The monoisotopic (exact) mass is 281 g/mol. The van der Waals surface area contributed by atoms with Crippen molar-refractivity contribution >= 4 is 22.2 Å². The van der Waals surface area contributed by atoms with Gasteiger partial charge < -0.3 is 10.4 Å². The van der Waals surface area contributed by atoms with Gasteiger partial charge in [0.2, 0.25) is 5.91 Å². The molecule has 1 unspecified atom stereocenters. The van der Waals surface area contributed by atoms with Crippen molar-refractivity contribution < 1.29 is 9.90 Å². The first-order valence-corrected chi connectivity index (χ1v) is 7.30. The summed E-state index contributed by atoms with van der Waals surface area (Å²) in [7, 11) is 0. The number of fused-ring (bicyclic) bond motifs is 1. The number of aromatic nitrogens is 2. The Balaban J connectivity index is 1.77. The zero-order valence-electron chi connectivity index (χ0n) is 11.2. The quantitative estimate of drug-likeness (QED) is 0.842. The predicted molar refractivity (Wildman–Crippen MR) is 75.2 cm³/mol. The van der Waals surface area contributed by atoms with Crippen molar-refractivity contribution in [1.82, 2.24) is 14.7 Å². The van der Waals surface area contributed by atoms with Gasteiger partial charge in [-0.1, -0.05) is 13.8 Å². The summed E-state index contributed by atoms with van der Waals surface area (Å²) in [6.45, 7) is 4.43. The van der Waals surface area contributed by atoms with E-state index in [0.717, 1.165) is 10.7 Å². The van der Waals surface area contributed by atoms with E-state index in [1.807, 2.05) is 36.0 Å². The molecular weight excluding hydrogens is 262 g/mol. The lowest BCUT2D eigenvalue weighted by molar-refractivity contribution is -0.120. The molecule has 2 aromatic rings. The highest BCUT2D eigenvalue weighted by molar-refractivity contribution is 7.15. The molecule has 0 saturated carbocycles. The molecule has 2 N–H and O–H groups in total. The number of hydrogen-bond donors (Lipinski definition) is 2. The van der Waals surface area contributed by atoms with E-state index in [4.69, 9.17) is 0 Å². The Labute approximate surface area is 116 Å². The Morgan fingerprint density at radius 1 is 1.58 bits per heavy atom. The molecule has 0 aliphatic rings. The van der Waals surface area contributed by atoms with Crippen LogP contribution in [0.3, 0.4) is 0 Å². The third-order valence-corrected chi connectivity index (χ3v) is 3.79. The van der Waals surface area contributed by atoms with E-state index in [1.165, 1.54) is 0 Å². The molecule has 0 aliphatic carbocycles. The Hall–Kier alpha value is -1.40. The van der Waals surface area contributed by atoms with E-state index in [9.17, 15) is 9.90 Å². The average Bonchev–Trinajstić information content (AvgIpc) is 2.89. The largest absolute Gasteiger partial charge is 0.393 e. The third kappa shape index (κ3) is 3.78. The minimum absolute atomic E-state index is 0.0540. The lowest BCUT2D eigenvalue weighted by Gasteiger charge is -2.14. The maximum absolute atomic E-state index is 11.7. The van der Waals surface area contributed by atoms with E-state index in [2.05, 4.69) is 10.3 Å². The normalized spacial score (nSPS) is 13.1. The fourth-order valence-corrected chi connectivity index (χ4v) is 2.50. The summed E-state index contributed by atoms with van der Waals surface area (Å²) in [6.07, 6.45) is 4.30. The van der Waals surface area contributed by atoms with Crippen LogP contribution in [0.15, 0.2) is 17.8 Å². The average molecular weight is 281 g/mol. The van der Waals surface area contributed by atoms with E-state index in [0.29, 0.717) is 13.0 Å². The van der Waals surface area contributed by atoms with Crippen LogP contribution in [-0.2, 0) is 11.2 Å². The molecule has 0 spiro atoms. The fraction of sp³-hybridized carbons (Fsp3) is 0.538. The van der Waals surface area contributed by atoms with Crippen molar-refractivity contribution in [3.8, 4) is 0 Å². The van der Waals surface area contributed by atoms with E-state index >= 15 is 0 Å². The minimum atomic E-state index is -0.363. The molecule has 2 rings (SSSR count). The van der Waals surface area contributed by atoms with Crippen molar-refractivity contribution in [2.24, 2.45) is 5.92 Å². The summed E-state index contributed by atoms with van der Waals surface area (Å²) in [5.74, 6) is 0.165. The molecule has 0 radical (unpaired) electrons. The standard InChI is InChI=1S/C13H19N3O2S/c1-9(2)11(17)3-4-14-12(18)7-10-8-16-5-6-19-13(16)15-10/h5-6,8-9,11,17H,3-4,7H2,1-2H3,(H,14,18). The van der Waals surface area contributed by atoms with Gasteiger partial charge in [-0.2, -0.15) is 0 Å². The summed E-state index contributed by atoms with van der Waals surface area (Å²) in [6, 6.07) is 0. The van der Waals surface area contributed by atoms with Crippen LogP contribution in [-0.4, -0.2) is 33.0 Å². The van der Waals surface area contributed by atoms with Crippen molar-refractivity contribution in [1.29, 1.82) is 0 Å². The lowest BCUT2D eigenvalue weighted by Crippen LogP contribution is -2.29. The second kappa shape index (κ2) is 6.16. The molecule has 0 fully saturated rings. The minimum Gasteiger partial charge on any atom is -0.393 e. The highest BCUT2D eigenvalue weighted by atomic mass is 32.1. The molecular formula is C13H19N3O2S. The number of aliphatic hydroxyl groups is 1. The van der Waals surface area contributed by atoms with Crippen molar-refractivity contribution in [3.05, 3.63) is 23.5 Å². The summed E-state index contributed by atoms with van der Waals surface area (Å²) >= 11 is 1.55. The summed E-state index contributed by atoms with van der Waals surface area (Å²) in [5, 5.41) is 14.4. The fourth-order valence-electron chi connectivity index (χ4n) is 1.78. The number of amides is 1. The van der Waals surface area contributed by atoms with Gasteiger partial charge in [-0.05, 0) is 12.3 Å². The second-order valence-electron chi connectivity index (χ2n) is 4.95. The van der Waals surface area contributed by atoms with Crippen LogP contribution in [0.5, 0.6) is 0 Å². The molecule has 6 heteroatoms. The van der Waals surface area contributed by atoms with E-state index < -0.39 is 0 Å². The number of aliphatic hydroxyl groups excluding tert-OH is 1. The molecule has 0 aliphatic heterocycles. The van der Waals surface area contributed by atoms with Crippen LogP contribution in [0.25, 0.3) is 4.96 Å². The smallest absolute Gasteiger partial charge is 0.226 e. The zero-order valence-corrected chi connectivity index (χ0v) is 12.0. The van der Waals surface area contributed by atoms with Gasteiger partial charge in [0.25, 0.3) is 0 Å². The lowest BCUT2D eigenvalue weighted by atomic mass is 10.0. The summed E-state index contributed by atoms with van der Waals surface area (Å²) in [5.41, 5.74) is 0.772. The van der Waals surface area contributed by atoms with Crippen molar-refractivity contribution in [2.45, 2.75) is 32.8 Å². The Morgan fingerprint density at radius 3 is 3.05 bits per heavy atom. The number of hydrogen-bond acceptors (Lipinski definition) is 4. The molecule has 0 saturated heterocycles. The van der Waals surface area contributed by atoms with E-state index in [1.54, 1.807) is 11.3 Å². The molecule has 19 heavy (non-hydrogen) atoms. The Kier molecular flexibility index (Phi) is 4.55. The van der Waals surface area contributed by atoms with Gasteiger partial charge in [-0.25, -0.2) is 4.98 Å². The number of rotatable bonds is 6. The first-order valence-electron chi connectivity index (χ1n) is 6.42. The first-order chi connectivity index (χ1) is 9.06. The summed E-state index contributed by atoms with van der Waals surface area (Å²) < 4.78 is 1.91. The van der Waals surface area contributed by atoms with E-state index in [-0.39, 0.29) is 24.3 Å². The Bertz CT molecular complexity index is 518. The maximum atomic E-state index is 11.7. The van der Waals surface area contributed by atoms with Crippen molar-refractivity contribution in [3.63, 3.8) is 0 Å². The molecule has 2 aromatic heterocycles. The second-order valence-corrected chi connectivity index (χ2v) is 5.82.